The van der Waals surface area contributed by atoms with Crippen molar-refractivity contribution in [1.29, 1.82) is 0 Å². The van der Waals surface area contributed by atoms with Crippen molar-refractivity contribution in [3.63, 3.8) is 0 Å². The van der Waals surface area contributed by atoms with E-state index in [4.69, 9.17) is 0 Å². The molecule has 5 heteroatoms. The van der Waals surface area contributed by atoms with Gasteiger partial charge < -0.3 is 21.5 Å². The maximum absolute atomic E-state index is 4.66. The quantitative estimate of drug-likeness (QED) is 0.608. The first-order valence-corrected chi connectivity index (χ1v) is 7.80. The van der Waals surface area contributed by atoms with Crippen LogP contribution < -0.4 is 17.0 Å². The lowest BCUT2D eigenvalue weighted by atomic mass is 10.2. The number of benzene rings is 2. The Bertz CT molecular complexity index is 707. The number of fused-ring (bicyclic) bond motifs is 1. The van der Waals surface area contributed by atoms with E-state index < -0.39 is 0 Å². The monoisotopic (exact) mass is 411 g/mol. The van der Waals surface area contributed by atoms with Crippen LogP contribution in [-0.4, -0.2) is 9.55 Å². The number of para-hydroxylation sites is 2. The number of imidazole rings is 1. The van der Waals surface area contributed by atoms with Gasteiger partial charge in [-0.1, -0.05) is 52.0 Å². The second-order valence-electron chi connectivity index (χ2n) is 4.36. The Balaban J connectivity index is 0.00000147. The molecule has 0 aliphatic rings. The fourth-order valence-corrected chi connectivity index (χ4v) is 3.19. The molecule has 0 fully saturated rings. The molecule has 0 atom stereocenters. The van der Waals surface area contributed by atoms with E-state index in [-0.39, 0.29) is 17.0 Å². The van der Waals surface area contributed by atoms with E-state index in [2.05, 4.69) is 68.9 Å². The largest absolute Gasteiger partial charge is 1.00 e. The summed E-state index contributed by atoms with van der Waals surface area (Å²) in [6, 6.07) is 16.7. The Labute approximate surface area is 141 Å². The third kappa shape index (κ3) is 3.27. The normalized spacial score (nSPS) is 10.5. The molecule has 0 aliphatic heterocycles. The minimum atomic E-state index is 0. The van der Waals surface area contributed by atoms with Gasteiger partial charge in [0.2, 0.25) is 0 Å². The maximum Gasteiger partial charge on any atom is 0.169 e. The molecule has 0 radical (unpaired) electrons. The van der Waals surface area contributed by atoms with Gasteiger partial charge in [0.1, 0.15) is 0 Å². The molecule has 2 nitrogen and oxygen atoms in total. The molecule has 0 saturated carbocycles. The highest BCUT2D eigenvalue weighted by Crippen LogP contribution is 2.26. The van der Waals surface area contributed by atoms with Gasteiger partial charge >= 0.3 is 0 Å². The zero-order valence-electron chi connectivity index (χ0n) is 10.9. The number of halogens is 2. The van der Waals surface area contributed by atoms with Crippen LogP contribution in [0.2, 0.25) is 0 Å². The zero-order valence-corrected chi connectivity index (χ0v) is 14.9. The first-order valence-electron chi connectivity index (χ1n) is 6.03. The van der Waals surface area contributed by atoms with Crippen LogP contribution in [-0.2, 0) is 12.8 Å². The smallest absolute Gasteiger partial charge is 0.169 e. The predicted octanol–water partition coefficient (Wildman–Crippen LogP) is 1.63. The standard InChI is InChI=1S/C15H13BrN2S.BrH/c1-18-14-5-3-2-4-13(14)17-15(18)19-10-11-6-8-12(16)9-7-11;/h2-9H,10H2,1H3;1H/p-1. The average Bonchev–Trinajstić information content (AvgIpc) is 2.76. The van der Waals surface area contributed by atoms with E-state index in [0.29, 0.717) is 0 Å². The molecule has 0 aliphatic carbocycles. The van der Waals surface area contributed by atoms with Gasteiger partial charge in [0.25, 0.3) is 0 Å². The van der Waals surface area contributed by atoms with Crippen LogP contribution in [0.25, 0.3) is 11.0 Å². The number of nitrogens with zero attached hydrogens (tertiary/aromatic N) is 2. The minimum absolute atomic E-state index is 0. The second-order valence-corrected chi connectivity index (χ2v) is 6.22. The summed E-state index contributed by atoms with van der Waals surface area (Å²) in [7, 11) is 2.07. The van der Waals surface area contributed by atoms with Gasteiger partial charge in [0.05, 0.1) is 11.0 Å². The number of thioether (sulfide) groups is 1. The molecule has 0 N–H and O–H groups in total. The lowest BCUT2D eigenvalue weighted by Crippen LogP contribution is -3.00. The van der Waals surface area contributed by atoms with Crippen molar-refractivity contribution >= 4 is 38.7 Å². The molecule has 0 amide bonds. The molecule has 104 valence electrons. The Morgan fingerprint density at radius 1 is 1.10 bits per heavy atom. The Kier molecular flexibility index (Phi) is 5.29. The summed E-state index contributed by atoms with van der Waals surface area (Å²) in [5.74, 6) is 0.935. The zero-order chi connectivity index (χ0) is 13.2. The van der Waals surface area contributed by atoms with Crippen molar-refractivity contribution in [3.8, 4) is 0 Å². The fraction of sp³-hybridized carbons (Fsp3) is 0.133. The molecule has 1 aromatic heterocycles. The molecular formula is C15H13Br2N2S-. The summed E-state index contributed by atoms with van der Waals surface area (Å²) in [6.45, 7) is 0. The third-order valence-electron chi connectivity index (χ3n) is 3.03. The number of hydrogen-bond donors (Lipinski definition) is 0. The minimum Gasteiger partial charge on any atom is -1.00 e. The number of hydrogen-bond acceptors (Lipinski definition) is 2. The molecule has 0 unspecified atom stereocenters. The van der Waals surface area contributed by atoms with Crippen molar-refractivity contribution in [2.45, 2.75) is 10.9 Å². The van der Waals surface area contributed by atoms with Gasteiger partial charge in [0.15, 0.2) is 5.16 Å². The van der Waals surface area contributed by atoms with Gasteiger partial charge in [0, 0.05) is 17.3 Å². The number of aryl methyl sites for hydroxylation is 1. The summed E-state index contributed by atoms with van der Waals surface area (Å²) < 4.78 is 3.27. The summed E-state index contributed by atoms with van der Waals surface area (Å²) in [5.41, 5.74) is 3.55. The van der Waals surface area contributed by atoms with E-state index in [1.807, 2.05) is 12.1 Å². The summed E-state index contributed by atoms with van der Waals surface area (Å²) in [6.07, 6.45) is 0. The predicted molar refractivity (Wildman–Crippen MR) is 84.4 cm³/mol. The molecule has 2 aromatic carbocycles. The van der Waals surface area contributed by atoms with Crippen LogP contribution in [0.5, 0.6) is 0 Å². The van der Waals surface area contributed by atoms with E-state index in [1.54, 1.807) is 11.8 Å². The lowest BCUT2D eigenvalue weighted by molar-refractivity contribution is -0.00000373. The highest BCUT2D eigenvalue weighted by Gasteiger charge is 2.07. The summed E-state index contributed by atoms with van der Waals surface area (Å²) in [4.78, 5) is 4.66. The van der Waals surface area contributed by atoms with E-state index >= 15 is 0 Å². The summed E-state index contributed by atoms with van der Waals surface area (Å²) >= 11 is 5.22. The van der Waals surface area contributed by atoms with Crippen LogP contribution in [0, 0.1) is 0 Å². The number of rotatable bonds is 3. The topological polar surface area (TPSA) is 17.8 Å². The van der Waals surface area contributed by atoms with Crippen LogP contribution >= 0.6 is 27.7 Å². The van der Waals surface area contributed by atoms with Crippen molar-refractivity contribution < 1.29 is 17.0 Å². The average molecular weight is 413 g/mol. The Morgan fingerprint density at radius 3 is 2.50 bits per heavy atom. The maximum atomic E-state index is 4.66. The van der Waals surface area contributed by atoms with Crippen molar-refractivity contribution in [2.75, 3.05) is 0 Å². The Hall–Kier alpha value is -0.780. The van der Waals surface area contributed by atoms with Crippen LogP contribution in [0.4, 0.5) is 0 Å². The van der Waals surface area contributed by atoms with E-state index in [9.17, 15) is 0 Å². The Morgan fingerprint density at radius 2 is 1.80 bits per heavy atom. The molecule has 20 heavy (non-hydrogen) atoms. The van der Waals surface area contributed by atoms with Crippen LogP contribution in [0.3, 0.4) is 0 Å². The van der Waals surface area contributed by atoms with Crippen molar-refractivity contribution in [2.24, 2.45) is 7.05 Å². The van der Waals surface area contributed by atoms with Gasteiger partial charge in [-0.3, -0.25) is 0 Å². The first-order chi connectivity index (χ1) is 9.24. The van der Waals surface area contributed by atoms with E-state index in [0.717, 1.165) is 20.9 Å². The molecule has 0 saturated heterocycles. The lowest BCUT2D eigenvalue weighted by Gasteiger charge is -2.02. The molecule has 0 spiro atoms. The van der Waals surface area contributed by atoms with Crippen molar-refractivity contribution in [1.82, 2.24) is 9.55 Å². The molecule has 0 bridgehead atoms. The van der Waals surface area contributed by atoms with Gasteiger partial charge in [-0.2, -0.15) is 0 Å². The van der Waals surface area contributed by atoms with E-state index in [1.165, 1.54) is 11.1 Å². The highest BCUT2D eigenvalue weighted by molar-refractivity contribution is 9.10. The van der Waals surface area contributed by atoms with Gasteiger partial charge in [-0.25, -0.2) is 4.98 Å². The summed E-state index contributed by atoms with van der Waals surface area (Å²) in [5, 5.41) is 1.06. The molecule has 3 aromatic rings. The van der Waals surface area contributed by atoms with Crippen molar-refractivity contribution in [3.05, 3.63) is 58.6 Å². The van der Waals surface area contributed by atoms with Gasteiger partial charge in [-0.15, -0.1) is 0 Å². The highest BCUT2D eigenvalue weighted by atomic mass is 79.9. The first kappa shape index (κ1) is 15.6. The molecular weight excluding hydrogens is 400 g/mol. The fourth-order valence-electron chi connectivity index (χ4n) is 1.98. The van der Waals surface area contributed by atoms with Crippen LogP contribution in [0.1, 0.15) is 5.56 Å². The second kappa shape index (κ2) is 6.78. The third-order valence-corrected chi connectivity index (χ3v) is 4.66. The molecule has 3 rings (SSSR count). The number of aromatic nitrogens is 2. The van der Waals surface area contributed by atoms with Crippen LogP contribution in [0.15, 0.2) is 58.2 Å². The van der Waals surface area contributed by atoms with Gasteiger partial charge in [-0.05, 0) is 29.8 Å². The molecule has 1 heterocycles. The SMILES string of the molecule is Cn1c(SCc2ccc(Br)cc2)nc2ccccc21.[Br-].